The molecule has 0 unspecified atom stereocenters. The number of rotatable bonds is 2. The summed E-state index contributed by atoms with van der Waals surface area (Å²) in [6, 6.07) is 3.32. The zero-order valence-corrected chi connectivity index (χ0v) is 9.66. The van der Waals surface area contributed by atoms with Gasteiger partial charge in [-0.05, 0) is 28.1 Å². The van der Waals surface area contributed by atoms with Crippen molar-refractivity contribution in [2.45, 2.75) is 0 Å². The van der Waals surface area contributed by atoms with E-state index in [9.17, 15) is 13.6 Å². The highest BCUT2D eigenvalue weighted by Crippen LogP contribution is 2.31. The number of hydrogen-bond donors (Lipinski definition) is 1. The summed E-state index contributed by atoms with van der Waals surface area (Å²) in [4.78, 5) is 10.6. The van der Waals surface area contributed by atoms with Crippen LogP contribution in [0, 0.1) is 11.6 Å². The summed E-state index contributed by atoms with van der Waals surface area (Å²) in [5.74, 6) is -3.75. The van der Waals surface area contributed by atoms with Gasteiger partial charge in [-0.3, -0.25) is 0 Å². The molecule has 1 aromatic carbocycles. The number of halogens is 3. The van der Waals surface area contributed by atoms with E-state index in [1.807, 2.05) is 0 Å². The van der Waals surface area contributed by atoms with Gasteiger partial charge in [-0.25, -0.2) is 13.6 Å². The predicted octanol–water partition coefficient (Wildman–Crippen LogP) is 3.08. The van der Waals surface area contributed by atoms with Crippen molar-refractivity contribution in [1.29, 1.82) is 0 Å². The molecule has 0 saturated carbocycles. The van der Waals surface area contributed by atoms with Crippen LogP contribution in [0.15, 0.2) is 27.2 Å². The molecule has 17 heavy (non-hydrogen) atoms. The summed E-state index contributed by atoms with van der Waals surface area (Å²) in [5, 5.41) is 12.1. The molecule has 0 aliphatic rings. The predicted molar refractivity (Wildman–Crippen MR) is 56.5 cm³/mol. The smallest absolute Gasteiger partial charge is 0.374 e. The van der Waals surface area contributed by atoms with E-state index in [0.717, 1.165) is 12.1 Å². The minimum atomic E-state index is -1.29. The Labute approximate surface area is 102 Å². The SMILES string of the molecule is O=C(O)c1cc(-c2ccc(F)c(F)c2Br)no1. The molecule has 1 N–H and O–H groups in total. The Balaban J connectivity index is 2.53. The van der Waals surface area contributed by atoms with Gasteiger partial charge >= 0.3 is 5.97 Å². The van der Waals surface area contributed by atoms with Crippen LogP contribution in [0.5, 0.6) is 0 Å². The maximum absolute atomic E-state index is 13.2. The van der Waals surface area contributed by atoms with Crippen molar-refractivity contribution in [3.8, 4) is 11.3 Å². The van der Waals surface area contributed by atoms with Crippen LogP contribution in [0.4, 0.5) is 8.78 Å². The number of benzene rings is 1. The number of carboxylic acid groups (broad SMARTS) is 1. The molecule has 0 aliphatic heterocycles. The number of aromatic nitrogens is 1. The Kier molecular flexibility index (Phi) is 2.93. The van der Waals surface area contributed by atoms with Gasteiger partial charge in [-0.1, -0.05) is 5.16 Å². The summed E-state index contributed by atoms with van der Waals surface area (Å²) in [7, 11) is 0. The molecule has 0 aliphatic carbocycles. The first-order valence-corrected chi connectivity index (χ1v) is 5.14. The molecular formula is C10H4BrF2NO3. The first-order valence-electron chi connectivity index (χ1n) is 4.34. The molecule has 88 valence electrons. The van der Waals surface area contributed by atoms with E-state index in [0.29, 0.717) is 0 Å². The van der Waals surface area contributed by atoms with E-state index in [-0.39, 0.29) is 21.5 Å². The van der Waals surface area contributed by atoms with Crippen LogP contribution < -0.4 is 0 Å². The van der Waals surface area contributed by atoms with Crippen LogP contribution in [0.2, 0.25) is 0 Å². The first-order chi connectivity index (χ1) is 8.00. The van der Waals surface area contributed by atoms with Gasteiger partial charge in [-0.15, -0.1) is 0 Å². The maximum Gasteiger partial charge on any atom is 0.374 e. The molecule has 4 nitrogen and oxygen atoms in total. The van der Waals surface area contributed by atoms with E-state index in [1.54, 1.807) is 0 Å². The van der Waals surface area contributed by atoms with E-state index in [2.05, 4.69) is 25.6 Å². The quantitative estimate of drug-likeness (QED) is 0.866. The lowest BCUT2D eigenvalue weighted by Crippen LogP contribution is -1.92. The standard InChI is InChI=1S/C10H4BrF2NO3/c11-8-4(1-2-5(12)9(8)13)6-3-7(10(15)16)17-14-6/h1-3H,(H,15,16). The van der Waals surface area contributed by atoms with Crippen LogP contribution in [0.25, 0.3) is 11.3 Å². The van der Waals surface area contributed by atoms with Crippen molar-refractivity contribution < 1.29 is 23.2 Å². The fraction of sp³-hybridized carbons (Fsp3) is 0. The molecule has 7 heteroatoms. The van der Waals surface area contributed by atoms with Gasteiger partial charge in [0.1, 0.15) is 5.69 Å². The summed E-state index contributed by atoms with van der Waals surface area (Å²) < 4.78 is 30.5. The highest BCUT2D eigenvalue weighted by molar-refractivity contribution is 9.10. The fourth-order valence-corrected chi connectivity index (χ4v) is 1.75. The summed E-state index contributed by atoms with van der Waals surface area (Å²) >= 11 is 2.87. The number of nitrogens with zero attached hydrogens (tertiary/aromatic N) is 1. The van der Waals surface area contributed by atoms with Crippen molar-refractivity contribution in [3.05, 3.63) is 40.1 Å². The molecule has 1 heterocycles. The topological polar surface area (TPSA) is 63.3 Å². The molecule has 1 aromatic heterocycles. The number of carbonyl (C=O) groups is 1. The van der Waals surface area contributed by atoms with E-state index in [4.69, 9.17) is 5.11 Å². The molecule has 0 fully saturated rings. The summed E-state index contributed by atoms with van der Waals surface area (Å²) in [5.41, 5.74) is 0.313. The monoisotopic (exact) mass is 303 g/mol. The van der Waals surface area contributed by atoms with Crippen LogP contribution in [-0.2, 0) is 0 Å². The molecule has 0 atom stereocenters. The molecule has 0 spiro atoms. The second-order valence-electron chi connectivity index (χ2n) is 3.10. The Morgan fingerprint density at radius 2 is 2.12 bits per heavy atom. The van der Waals surface area contributed by atoms with Crippen molar-refractivity contribution in [1.82, 2.24) is 5.16 Å². The average Bonchev–Trinajstić information content (AvgIpc) is 2.75. The highest BCUT2D eigenvalue weighted by Gasteiger charge is 2.17. The zero-order chi connectivity index (χ0) is 12.6. The van der Waals surface area contributed by atoms with E-state index in [1.165, 1.54) is 6.07 Å². The highest BCUT2D eigenvalue weighted by atomic mass is 79.9. The third kappa shape index (κ3) is 2.05. The van der Waals surface area contributed by atoms with Gasteiger partial charge in [0, 0.05) is 11.6 Å². The lowest BCUT2D eigenvalue weighted by molar-refractivity contribution is 0.0652. The van der Waals surface area contributed by atoms with Gasteiger partial charge in [0.15, 0.2) is 11.6 Å². The third-order valence-corrected chi connectivity index (χ3v) is 2.81. The fourth-order valence-electron chi connectivity index (χ4n) is 1.23. The lowest BCUT2D eigenvalue weighted by atomic mass is 10.1. The van der Waals surface area contributed by atoms with Crippen molar-refractivity contribution in [3.63, 3.8) is 0 Å². The van der Waals surface area contributed by atoms with Crippen LogP contribution in [-0.4, -0.2) is 16.2 Å². The largest absolute Gasteiger partial charge is 0.475 e. The third-order valence-electron chi connectivity index (χ3n) is 2.03. The number of hydrogen-bond acceptors (Lipinski definition) is 3. The molecule has 0 radical (unpaired) electrons. The minimum absolute atomic E-state index is 0.105. The average molecular weight is 304 g/mol. The molecule has 0 saturated heterocycles. The van der Waals surface area contributed by atoms with Crippen molar-refractivity contribution >= 4 is 21.9 Å². The Hall–Kier alpha value is -1.76. The Morgan fingerprint density at radius 3 is 2.71 bits per heavy atom. The van der Waals surface area contributed by atoms with Crippen LogP contribution in [0.1, 0.15) is 10.6 Å². The zero-order valence-electron chi connectivity index (χ0n) is 8.08. The summed E-state index contributed by atoms with van der Waals surface area (Å²) in [6.45, 7) is 0. The molecular weight excluding hydrogens is 300 g/mol. The number of aromatic carboxylic acids is 1. The summed E-state index contributed by atoms with van der Waals surface area (Å²) in [6.07, 6.45) is 0. The van der Waals surface area contributed by atoms with E-state index >= 15 is 0 Å². The van der Waals surface area contributed by atoms with Crippen LogP contribution >= 0.6 is 15.9 Å². The second-order valence-corrected chi connectivity index (χ2v) is 3.90. The Morgan fingerprint density at radius 1 is 1.41 bits per heavy atom. The van der Waals surface area contributed by atoms with Crippen LogP contribution in [0.3, 0.4) is 0 Å². The van der Waals surface area contributed by atoms with Gasteiger partial charge < -0.3 is 9.63 Å². The number of carboxylic acids is 1. The molecule has 0 bridgehead atoms. The molecule has 2 rings (SSSR count). The van der Waals surface area contributed by atoms with Gasteiger partial charge in [0.2, 0.25) is 5.76 Å². The maximum atomic E-state index is 13.2. The van der Waals surface area contributed by atoms with E-state index < -0.39 is 17.6 Å². The Bertz CT molecular complexity index is 597. The lowest BCUT2D eigenvalue weighted by Gasteiger charge is -2.01. The normalized spacial score (nSPS) is 10.5. The second kappa shape index (κ2) is 4.25. The van der Waals surface area contributed by atoms with Crippen molar-refractivity contribution in [2.75, 3.05) is 0 Å². The minimum Gasteiger partial charge on any atom is -0.475 e. The van der Waals surface area contributed by atoms with Gasteiger partial charge in [-0.2, -0.15) is 0 Å². The van der Waals surface area contributed by atoms with Gasteiger partial charge in [0.25, 0.3) is 0 Å². The molecule has 2 aromatic rings. The first kappa shape index (κ1) is 11.7. The molecule has 0 amide bonds. The van der Waals surface area contributed by atoms with Gasteiger partial charge in [0.05, 0.1) is 4.47 Å². The van der Waals surface area contributed by atoms with Crippen molar-refractivity contribution in [2.24, 2.45) is 0 Å².